The summed E-state index contributed by atoms with van der Waals surface area (Å²) < 4.78 is 5.93. The number of fused-ring (bicyclic) bond motifs is 1. The SMILES string of the molecule is O=C1Cc2c(Cl)nc(Cl)nc2N1c1ccc(OC2CCCCC2)nc1. The lowest BCUT2D eigenvalue weighted by Gasteiger charge is -2.22. The van der Waals surface area contributed by atoms with E-state index in [2.05, 4.69) is 15.0 Å². The van der Waals surface area contributed by atoms with E-state index in [4.69, 9.17) is 27.9 Å². The first-order valence-electron chi connectivity index (χ1n) is 8.29. The van der Waals surface area contributed by atoms with Crippen LogP contribution >= 0.6 is 23.2 Å². The molecule has 0 atom stereocenters. The first-order valence-corrected chi connectivity index (χ1v) is 9.05. The maximum Gasteiger partial charge on any atom is 0.237 e. The number of carbonyl (C=O) groups is 1. The number of ether oxygens (including phenoxy) is 1. The zero-order valence-corrected chi connectivity index (χ0v) is 14.9. The molecule has 25 heavy (non-hydrogen) atoms. The van der Waals surface area contributed by atoms with Gasteiger partial charge in [0.1, 0.15) is 17.1 Å². The van der Waals surface area contributed by atoms with E-state index in [-0.39, 0.29) is 28.9 Å². The molecule has 1 aliphatic heterocycles. The van der Waals surface area contributed by atoms with E-state index >= 15 is 0 Å². The Balaban J connectivity index is 1.57. The van der Waals surface area contributed by atoms with Crippen LogP contribution in [0.5, 0.6) is 5.88 Å². The monoisotopic (exact) mass is 378 g/mol. The van der Waals surface area contributed by atoms with E-state index in [0.29, 0.717) is 22.9 Å². The summed E-state index contributed by atoms with van der Waals surface area (Å²) in [6.07, 6.45) is 7.78. The number of amides is 1. The quantitative estimate of drug-likeness (QED) is 0.593. The minimum atomic E-state index is -0.142. The van der Waals surface area contributed by atoms with E-state index in [0.717, 1.165) is 12.8 Å². The zero-order chi connectivity index (χ0) is 17.4. The van der Waals surface area contributed by atoms with Crippen molar-refractivity contribution >= 4 is 40.6 Å². The lowest BCUT2D eigenvalue weighted by Crippen LogP contribution is -2.22. The van der Waals surface area contributed by atoms with E-state index in [1.54, 1.807) is 18.3 Å². The number of hydrogen-bond acceptors (Lipinski definition) is 5. The molecule has 0 saturated heterocycles. The first kappa shape index (κ1) is 16.5. The van der Waals surface area contributed by atoms with Gasteiger partial charge in [-0.05, 0) is 43.4 Å². The van der Waals surface area contributed by atoms with Crippen LogP contribution in [0.1, 0.15) is 37.7 Å². The average molecular weight is 379 g/mol. The molecule has 0 N–H and O–H groups in total. The van der Waals surface area contributed by atoms with E-state index < -0.39 is 0 Å². The number of nitrogens with zero attached hydrogens (tertiary/aromatic N) is 4. The largest absolute Gasteiger partial charge is 0.474 e. The minimum absolute atomic E-state index is 0.00802. The fourth-order valence-electron chi connectivity index (χ4n) is 3.30. The molecule has 2 aromatic rings. The van der Waals surface area contributed by atoms with Crippen molar-refractivity contribution in [3.63, 3.8) is 0 Å². The minimum Gasteiger partial charge on any atom is -0.474 e. The Bertz CT molecular complexity index is 807. The van der Waals surface area contributed by atoms with E-state index in [9.17, 15) is 4.79 Å². The fourth-order valence-corrected chi connectivity index (χ4v) is 3.74. The number of anilines is 2. The highest BCUT2D eigenvalue weighted by molar-refractivity contribution is 6.33. The number of halogens is 2. The summed E-state index contributed by atoms with van der Waals surface area (Å²) in [5.74, 6) is 0.843. The average Bonchev–Trinajstić information content (AvgIpc) is 2.93. The summed E-state index contributed by atoms with van der Waals surface area (Å²) in [7, 11) is 0. The topological polar surface area (TPSA) is 68.2 Å². The highest BCUT2D eigenvalue weighted by Gasteiger charge is 2.33. The smallest absolute Gasteiger partial charge is 0.237 e. The molecule has 0 unspecified atom stereocenters. The summed E-state index contributed by atoms with van der Waals surface area (Å²) >= 11 is 12.0. The zero-order valence-electron chi connectivity index (χ0n) is 13.4. The predicted octanol–water partition coefficient (Wildman–Crippen LogP) is 4.11. The van der Waals surface area contributed by atoms with E-state index in [1.165, 1.54) is 24.2 Å². The lowest BCUT2D eigenvalue weighted by molar-refractivity contribution is -0.116. The second kappa shape index (κ2) is 6.77. The molecule has 1 saturated carbocycles. The van der Waals surface area contributed by atoms with Crippen LogP contribution in [-0.4, -0.2) is 27.0 Å². The second-order valence-electron chi connectivity index (χ2n) is 6.22. The number of rotatable bonds is 3. The summed E-state index contributed by atoms with van der Waals surface area (Å²) in [4.78, 5) is 26.2. The molecule has 0 radical (unpaired) electrons. The molecule has 1 amide bonds. The van der Waals surface area contributed by atoms with Gasteiger partial charge in [0.15, 0.2) is 0 Å². The Hall–Kier alpha value is -1.92. The first-order chi connectivity index (χ1) is 12.1. The highest BCUT2D eigenvalue weighted by Crippen LogP contribution is 2.37. The Kier molecular flexibility index (Phi) is 4.48. The van der Waals surface area contributed by atoms with Gasteiger partial charge in [0, 0.05) is 11.6 Å². The number of pyridine rings is 1. The van der Waals surface area contributed by atoms with Crippen LogP contribution in [-0.2, 0) is 11.2 Å². The van der Waals surface area contributed by atoms with Gasteiger partial charge in [-0.1, -0.05) is 18.0 Å². The van der Waals surface area contributed by atoms with Crippen LogP contribution < -0.4 is 9.64 Å². The molecule has 1 fully saturated rings. The van der Waals surface area contributed by atoms with Crippen LogP contribution in [0.4, 0.5) is 11.5 Å². The molecular formula is C17H16Cl2N4O2. The van der Waals surface area contributed by atoms with Crippen LogP contribution in [0.15, 0.2) is 18.3 Å². The molecule has 0 spiro atoms. The highest BCUT2D eigenvalue weighted by atomic mass is 35.5. The van der Waals surface area contributed by atoms with Crippen molar-refractivity contribution < 1.29 is 9.53 Å². The van der Waals surface area contributed by atoms with Crippen molar-refractivity contribution in [2.75, 3.05) is 4.90 Å². The van der Waals surface area contributed by atoms with Crippen LogP contribution in [0, 0.1) is 0 Å². The number of hydrogen-bond donors (Lipinski definition) is 0. The molecule has 3 heterocycles. The second-order valence-corrected chi connectivity index (χ2v) is 6.92. The van der Waals surface area contributed by atoms with Crippen molar-refractivity contribution in [3.8, 4) is 5.88 Å². The molecule has 8 heteroatoms. The summed E-state index contributed by atoms with van der Waals surface area (Å²) in [5, 5.41) is 0.213. The van der Waals surface area contributed by atoms with Crippen molar-refractivity contribution in [3.05, 3.63) is 34.3 Å². The summed E-state index contributed by atoms with van der Waals surface area (Å²) in [6.45, 7) is 0. The summed E-state index contributed by atoms with van der Waals surface area (Å²) in [5.41, 5.74) is 1.18. The van der Waals surface area contributed by atoms with Gasteiger partial charge in [0.05, 0.1) is 18.3 Å². The third-order valence-corrected chi connectivity index (χ3v) is 5.00. The van der Waals surface area contributed by atoms with Gasteiger partial charge in [0.25, 0.3) is 0 Å². The van der Waals surface area contributed by atoms with Crippen LogP contribution in [0.25, 0.3) is 0 Å². The molecule has 2 aromatic heterocycles. The predicted molar refractivity (Wildman–Crippen MR) is 94.6 cm³/mol. The molecule has 130 valence electrons. The maximum absolute atomic E-state index is 12.4. The van der Waals surface area contributed by atoms with Crippen molar-refractivity contribution in [2.45, 2.75) is 44.6 Å². The van der Waals surface area contributed by atoms with Crippen LogP contribution in [0.2, 0.25) is 10.4 Å². The van der Waals surface area contributed by atoms with Gasteiger partial charge in [-0.15, -0.1) is 0 Å². The molecule has 0 aromatic carbocycles. The van der Waals surface area contributed by atoms with E-state index in [1.807, 2.05) is 0 Å². The molecular weight excluding hydrogens is 363 g/mol. The van der Waals surface area contributed by atoms with Gasteiger partial charge in [-0.2, -0.15) is 4.98 Å². The molecule has 0 bridgehead atoms. The van der Waals surface area contributed by atoms with Crippen LogP contribution in [0.3, 0.4) is 0 Å². The molecule has 6 nitrogen and oxygen atoms in total. The van der Waals surface area contributed by atoms with Gasteiger partial charge in [0.2, 0.25) is 17.1 Å². The maximum atomic E-state index is 12.4. The molecule has 1 aliphatic carbocycles. The molecule has 2 aliphatic rings. The van der Waals surface area contributed by atoms with Gasteiger partial charge in [-0.25, -0.2) is 9.97 Å². The van der Waals surface area contributed by atoms with Gasteiger partial charge < -0.3 is 4.74 Å². The normalized spacial score (nSPS) is 17.7. The number of carbonyl (C=O) groups excluding carboxylic acids is 1. The third kappa shape index (κ3) is 3.28. The van der Waals surface area contributed by atoms with Gasteiger partial charge >= 0.3 is 0 Å². The lowest BCUT2D eigenvalue weighted by atomic mass is 9.98. The Morgan fingerprint density at radius 3 is 2.64 bits per heavy atom. The number of aromatic nitrogens is 3. The Labute approximate surface area is 155 Å². The van der Waals surface area contributed by atoms with Crippen molar-refractivity contribution in [1.82, 2.24) is 15.0 Å². The fraction of sp³-hybridized carbons (Fsp3) is 0.412. The molecule has 4 rings (SSSR count). The van der Waals surface area contributed by atoms with Gasteiger partial charge in [-0.3, -0.25) is 9.69 Å². The summed E-state index contributed by atoms with van der Waals surface area (Å²) in [6, 6.07) is 3.57. The standard InChI is InChI=1S/C17H16Cl2N4O2/c18-15-12-8-14(24)23(16(12)22-17(19)21-15)10-6-7-13(20-9-10)25-11-4-2-1-3-5-11/h6-7,9,11H,1-5,8H2. The Morgan fingerprint density at radius 2 is 1.92 bits per heavy atom. The van der Waals surface area contributed by atoms with Crippen molar-refractivity contribution in [1.29, 1.82) is 0 Å². The van der Waals surface area contributed by atoms with Crippen molar-refractivity contribution in [2.24, 2.45) is 0 Å². The third-order valence-electron chi connectivity index (χ3n) is 4.52. The Morgan fingerprint density at radius 1 is 1.12 bits per heavy atom.